The van der Waals surface area contributed by atoms with Crippen molar-refractivity contribution >= 4 is 17.8 Å². The average Bonchev–Trinajstić information content (AvgIpc) is 2.36. The number of hydrogen-bond acceptors (Lipinski definition) is 3. The van der Waals surface area contributed by atoms with Gasteiger partial charge in [-0.05, 0) is 32.1 Å². The van der Waals surface area contributed by atoms with Gasteiger partial charge < -0.3 is 9.47 Å². The molecular weight excluding hydrogens is 240 g/mol. The molecule has 0 spiro atoms. The molecule has 0 aromatic heterocycles. The van der Waals surface area contributed by atoms with E-state index in [0.29, 0.717) is 5.88 Å². The average molecular weight is 259 g/mol. The van der Waals surface area contributed by atoms with E-state index in [1.807, 2.05) is 0 Å². The first-order valence-electron chi connectivity index (χ1n) is 6.05. The van der Waals surface area contributed by atoms with Gasteiger partial charge in [0.2, 0.25) is 0 Å². The first-order chi connectivity index (χ1) is 8.22. The molecule has 0 N–H and O–H groups in total. The molecule has 1 aliphatic rings. The summed E-state index contributed by atoms with van der Waals surface area (Å²) in [5, 5.41) is 0. The standard InChI is InChI=1S/C13H19ClO3/c1-16-12(15)17-13(8-4-2-5-9-13)10-6-3-7-11-14/h2-5,7-9,11H2,1H3. The monoisotopic (exact) mass is 258 g/mol. The van der Waals surface area contributed by atoms with Gasteiger partial charge in [-0.3, -0.25) is 0 Å². The highest BCUT2D eigenvalue weighted by molar-refractivity contribution is 6.17. The molecule has 1 rings (SSSR count). The summed E-state index contributed by atoms with van der Waals surface area (Å²) in [6, 6.07) is 0. The largest absolute Gasteiger partial charge is 0.509 e. The van der Waals surface area contributed by atoms with Crippen LogP contribution in [-0.2, 0) is 9.47 Å². The van der Waals surface area contributed by atoms with Crippen molar-refractivity contribution in [2.24, 2.45) is 0 Å². The van der Waals surface area contributed by atoms with E-state index in [1.54, 1.807) is 0 Å². The summed E-state index contributed by atoms with van der Waals surface area (Å²) in [5.41, 5.74) is -0.627. The topological polar surface area (TPSA) is 35.5 Å². The number of hydrogen-bond donors (Lipinski definition) is 0. The van der Waals surface area contributed by atoms with Crippen LogP contribution >= 0.6 is 11.6 Å². The second-order valence-electron chi connectivity index (χ2n) is 4.21. The molecule has 1 fully saturated rings. The van der Waals surface area contributed by atoms with Gasteiger partial charge in [0.15, 0.2) is 5.60 Å². The first-order valence-corrected chi connectivity index (χ1v) is 6.59. The molecule has 0 unspecified atom stereocenters. The second-order valence-corrected chi connectivity index (χ2v) is 4.58. The lowest BCUT2D eigenvalue weighted by atomic mass is 9.85. The summed E-state index contributed by atoms with van der Waals surface area (Å²) in [6.07, 6.45) is 5.83. The van der Waals surface area contributed by atoms with E-state index >= 15 is 0 Å². The summed E-state index contributed by atoms with van der Waals surface area (Å²) in [4.78, 5) is 11.2. The number of rotatable bonds is 3. The quantitative estimate of drug-likeness (QED) is 0.336. The zero-order valence-corrected chi connectivity index (χ0v) is 11.0. The summed E-state index contributed by atoms with van der Waals surface area (Å²) in [6.45, 7) is 0. The maximum Gasteiger partial charge on any atom is 0.509 e. The van der Waals surface area contributed by atoms with Crippen molar-refractivity contribution in [3.63, 3.8) is 0 Å². The number of halogens is 1. The molecule has 0 radical (unpaired) electrons. The van der Waals surface area contributed by atoms with E-state index in [0.717, 1.165) is 38.5 Å². The summed E-state index contributed by atoms with van der Waals surface area (Å²) >= 11 is 5.59. The Balaban J connectivity index is 2.62. The summed E-state index contributed by atoms with van der Waals surface area (Å²) in [5.74, 6) is 6.77. The lowest BCUT2D eigenvalue weighted by molar-refractivity contribution is -0.0135. The number of unbranched alkanes of at least 4 members (excludes halogenated alkanes) is 1. The zero-order chi connectivity index (χ0) is 12.6. The Morgan fingerprint density at radius 3 is 2.65 bits per heavy atom. The maximum atomic E-state index is 11.2. The molecule has 0 aromatic carbocycles. The van der Waals surface area contributed by atoms with Crippen LogP contribution in [0.5, 0.6) is 0 Å². The van der Waals surface area contributed by atoms with Gasteiger partial charge in [0, 0.05) is 12.3 Å². The molecule has 0 atom stereocenters. The van der Waals surface area contributed by atoms with E-state index in [1.165, 1.54) is 13.5 Å². The number of alkyl halides is 1. The van der Waals surface area contributed by atoms with E-state index < -0.39 is 11.8 Å². The Labute approximate surface area is 108 Å². The van der Waals surface area contributed by atoms with Crippen LogP contribution in [0.3, 0.4) is 0 Å². The third-order valence-electron chi connectivity index (χ3n) is 2.86. The predicted molar refractivity (Wildman–Crippen MR) is 67.0 cm³/mol. The van der Waals surface area contributed by atoms with Crippen molar-refractivity contribution < 1.29 is 14.3 Å². The van der Waals surface area contributed by atoms with Gasteiger partial charge in [-0.2, -0.15) is 0 Å². The van der Waals surface area contributed by atoms with Gasteiger partial charge in [0.05, 0.1) is 7.11 Å². The van der Waals surface area contributed by atoms with Crippen LogP contribution in [0.25, 0.3) is 0 Å². The van der Waals surface area contributed by atoms with E-state index in [-0.39, 0.29) is 0 Å². The normalized spacial score (nSPS) is 17.8. The summed E-state index contributed by atoms with van der Waals surface area (Å²) in [7, 11) is 1.32. The van der Waals surface area contributed by atoms with Crippen LogP contribution in [0, 0.1) is 11.8 Å². The minimum atomic E-state index is -0.640. The second kappa shape index (κ2) is 7.45. The molecule has 0 saturated heterocycles. The van der Waals surface area contributed by atoms with Crippen molar-refractivity contribution in [1.29, 1.82) is 0 Å². The van der Waals surface area contributed by atoms with Crippen molar-refractivity contribution in [3.8, 4) is 11.8 Å². The molecule has 0 heterocycles. The molecule has 3 nitrogen and oxygen atoms in total. The van der Waals surface area contributed by atoms with Crippen molar-refractivity contribution in [2.75, 3.05) is 13.0 Å². The van der Waals surface area contributed by atoms with Gasteiger partial charge in [0.25, 0.3) is 0 Å². The van der Waals surface area contributed by atoms with Gasteiger partial charge >= 0.3 is 6.16 Å². The third-order valence-corrected chi connectivity index (χ3v) is 3.13. The Kier molecular flexibility index (Phi) is 6.21. The minimum Gasteiger partial charge on any atom is -0.438 e. The van der Waals surface area contributed by atoms with Gasteiger partial charge in [-0.25, -0.2) is 4.79 Å². The van der Waals surface area contributed by atoms with Crippen LogP contribution in [0.2, 0.25) is 0 Å². The van der Waals surface area contributed by atoms with Crippen molar-refractivity contribution in [1.82, 2.24) is 0 Å². The highest BCUT2D eigenvalue weighted by Crippen LogP contribution is 2.31. The molecule has 1 aliphatic carbocycles. The number of ether oxygens (including phenoxy) is 2. The van der Waals surface area contributed by atoms with E-state index in [2.05, 4.69) is 16.6 Å². The Bertz CT molecular complexity index is 298. The summed E-state index contributed by atoms with van der Waals surface area (Å²) < 4.78 is 9.90. The van der Waals surface area contributed by atoms with Crippen LogP contribution in [0.1, 0.15) is 44.9 Å². The maximum absolute atomic E-state index is 11.2. The lowest BCUT2D eigenvalue weighted by Crippen LogP contribution is -2.35. The molecular formula is C13H19ClO3. The van der Waals surface area contributed by atoms with Crippen LogP contribution in [0.15, 0.2) is 0 Å². The number of methoxy groups -OCH3 is 1. The first kappa shape index (κ1) is 14.2. The van der Waals surface area contributed by atoms with E-state index in [4.69, 9.17) is 16.3 Å². The lowest BCUT2D eigenvalue weighted by Gasteiger charge is -2.31. The molecule has 96 valence electrons. The Morgan fingerprint density at radius 1 is 1.35 bits per heavy atom. The minimum absolute atomic E-state index is 0.611. The highest BCUT2D eigenvalue weighted by Gasteiger charge is 2.34. The molecule has 4 heteroatoms. The SMILES string of the molecule is COC(=O)OC1(C#CCCCCl)CCCCC1. The van der Waals surface area contributed by atoms with Crippen LogP contribution in [-0.4, -0.2) is 24.7 Å². The Morgan fingerprint density at radius 2 is 2.06 bits per heavy atom. The number of carbonyl (C=O) groups is 1. The zero-order valence-electron chi connectivity index (χ0n) is 10.3. The molecule has 0 bridgehead atoms. The van der Waals surface area contributed by atoms with Gasteiger partial charge in [-0.15, -0.1) is 11.6 Å². The van der Waals surface area contributed by atoms with Crippen LogP contribution < -0.4 is 0 Å². The smallest absolute Gasteiger partial charge is 0.438 e. The fourth-order valence-corrected chi connectivity index (χ4v) is 2.09. The molecule has 17 heavy (non-hydrogen) atoms. The molecule has 0 aliphatic heterocycles. The van der Waals surface area contributed by atoms with Gasteiger partial charge in [0.1, 0.15) is 0 Å². The molecule has 1 saturated carbocycles. The molecule has 0 amide bonds. The highest BCUT2D eigenvalue weighted by atomic mass is 35.5. The molecule has 0 aromatic rings. The van der Waals surface area contributed by atoms with E-state index in [9.17, 15) is 4.79 Å². The predicted octanol–water partition coefficient (Wildman–Crippen LogP) is 3.49. The third kappa shape index (κ3) is 4.87. The fraction of sp³-hybridized carbons (Fsp3) is 0.769. The number of carbonyl (C=O) groups excluding carboxylic acids is 1. The van der Waals surface area contributed by atoms with Crippen LogP contribution in [0.4, 0.5) is 4.79 Å². The fourth-order valence-electron chi connectivity index (χ4n) is 1.96. The Hall–Kier alpha value is -0.880. The van der Waals surface area contributed by atoms with Crippen molar-refractivity contribution in [3.05, 3.63) is 0 Å². The van der Waals surface area contributed by atoms with Crippen molar-refractivity contribution in [2.45, 2.75) is 50.5 Å². The van der Waals surface area contributed by atoms with Gasteiger partial charge in [-0.1, -0.05) is 18.3 Å².